The summed E-state index contributed by atoms with van der Waals surface area (Å²) in [7, 11) is 4.15. The van der Waals surface area contributed by atoms with Crippen LogP contribution in [0.5, 0.6) is 0 Å². The third-order valence-corrected chi connectivity index (χ3v) is 3.22. The zero-order valence-corrected chi connectivity index (χ0v) is 11.8. The van der Waals surface area contributed by atoms with Crippen LogP contribution in [0.15, 0.2) is 0 Å². The average molecular weight is 232 g/mol. The standard InChI is InChI=1S/C8H16FN.C5H13N/c1-7(2)10-5-3-8(9)4-6-10;1-5(2)6(3)4/h7-8H,3-6H2,1-2H3;5H,1-4H3. The summed E-state index contributed by atoms with van der Waals surface area (Å²) >= 11 is 0. The molecule has 0 spiro atoms. The molecular weight excluding hydrogens is 203 g/mol. The summed E-state index contributed by atoms with van der Waals surface area (Å²) < 4.78 is 12.6. The van der Waals surface area contributed by atoms with Crippen LogP contribution in [0, 0.1) is 0 Å². The number of hydrogen-bond acceptors (Lipinski definition) is 2. The number of nitrogens with zero attached hydrogens (tertiary/aromatic N) is 2. The molecule has 0 N–H and O–H groups in total. The highest BCUT2D eigenvalue weighted by Crippen LogP contribution is 2.14. The maximum atomic E-state index is 12.6. The molecule has 1 heterocycles. The van der Waals surface area contributed by atoms with Crippen LogP contribution in [0.1, 0.15) is 40.5 Å². The number of rotatable bonds is 2. The molecule has 0 aromatic carbocycles. The van der Waals surface area contributed by atoms with Gasteiger partial charge in [0, 0.05) is 25.2 Å². The average Bonchev–Trinajstić information content (AvgIpc) is 2.19. The molecule has 0 saturated carbocycles. The fourth-order valence-corrected chi connectivity index (χ4v) is 1.38. The van der Waals surface area contributed by atoms with Crippen LogP contribution in [0.3, 0.4) is 0 Å². The van der Waals surface area contributed by atoms with Gasteiger partial charge in [-0.05, 0) is 54.6 Å². The molecule has 2 nitrogen and oxygen atoms in total. The molecule has 3 heteroatoms. The van der Waals surface area contributed by atoms with E-state index in [1.807, 2.05) is 0 Å². The van der Waals surface area contributed by atoms with E-state index in [0.717, 1.165) is 25.9 Å². The SMILES string of the molecule is CC(C)N(C)C.CC(C)N1CCC(F)CC1. The maximum Gasteiger partial charge on any atom is 0.103 e. The second-order valence-electron chi connectivity index (χ2n) is 5.36. The highest BCUT2D eigenvalue weighted by molar-refractivity contribution is 4.73. The minimum atomic E-state index is -0.532. The van der Waals surface area contributed by atoms with Crippen LogP contribution in [-0.2, 0) is 0 Å². The molecule has 0 amide bonds. The first kappa shape index (κ1) is 15.9. The fraction of sp³-hybridized carbons (Fsp3) is 1.00. The molecule has 1 aliphatic heterocycles. The van der Waals surface area contributed by atoms with Gasteiger partial charge in [0.05, 0.1) is 0 Å². The molecule has 1 fully saturated rings. The fourth-order valence-electron chi connectivity index (χ4n) is 1.38. The Kier molecular flexibility index (Phi) is 7.94. The first-order valence-corrected chi connectivity index (χ1v) is 6.39. The van der Waals surface area contributed by atoms with Crippen LogP contribution >= 0.6 is 0 Å². The van der Waals surface area contributed by atoms with Crippen LogP contribution in [0.2, 0.25) is 0 Å². The van der Waals surface area contributed by atoms with Crippen molar-refractivity contribution < 1.29 is 4.39 Å². The van der Waals surface area contributed by atoms with E-state index in [1.165, 1.54) is 0 Å². The van der Waals surface area contributed by atoms with Crippen molar-refractivity contribution in [3.05, 3.63) is 0 Å². The van der Waals surface area contributed by atoms with E-state index in [9.17, 15) is 4.39 Å². The van der Waals surface area contributed by atoms with Crippen molar-refractivity contribution >= 4 is 0 Å². The Morgan fingerprint density at radius 3 is 1.69 bits per heavy atom. The molecule has 0 radical (unpaired) electrons. The topological polar surface area (TPSA) is 6.48 Å². The van der Waals surface area contributed by atoms with Crippen molar-refractivity contribution in [2.75, 3.05) is 27.2 Å². The lowest BCUT2D eigenvalue weighted by Gasteiger charge is -2.31. The second-order valence-corrected chi connectivity index (χ2v) is 5.36. The molecule has 0 bridgehead atoms. The highest BCUT2D eigenvalue weighted by Gasteiger charge is 2.19. The predicted molar refractivity (Wildman–Crippen MR) is 69.7 cm³/mol. The van der Waals surface area contributed by atoms with Gasteiger partial charge in [-0.15, -0.1) is 0 Å². The number of halogens is 1. The molecule has 0 aliphatic carbocycles. The summed E-state index contributed by atoms with van der Waals surface area (Å²) in [5, 5.41) is 0. The summed E-state index contributed by atoms with van der Waals surface area (Å²) in [4.78, 5) is 4.50. The quantitative estimate of drug-likeness (QED) is 0.722. The largest absolute Gasteiger partial charge is 0.307 e. The smallest absolute Gasteiger partial charge is 0.103 e. The first-order chi connectivity index (χ1) is 7.34. The van der Waals surface area contributed by atoms with E-state index in [0.29, 0.717) is 12.1 Å². The van der Waals surface area contributed by atoms with Gasteiger partial charge in [0.25, 0.3) is 0 Å². The molecule has 1 saturated heterocycles. The minimum absolute atomic E-state index is 0.532. The first-order valence-electron chi connectivity index (χ1n) is 6.39. The van der Waals surface area contributed by atoms with E-state index >= 15 is 0 Å². The summed E-state index contributed by atoms with van der Waals surface area (Å²) in [6, 6.07) is 1.28. The van der Waals surface area contributed by atoms with Gasteiger partial charge in [-0.1, -0.05) is 0 Å². The summed E-state index contributed by atoms with van der Waals surface area (Å²) in [6.07, 6.45) is 0.936. The van der Waals surface area contributed by atoms with Gasteiger partial charge >= 0.3 is 0 Å². The Morgan fingerprint density at radius 1 is 1.06 bits per heavy atom. The van der Waals surface area contributed by atoms with Gasteiger partial charge < -0.3 is 9.80 Å². The molecule has 16 heavy (non-hydrogen) atoms. The van der Waals surface area contributed by atoms with E-state index in [4.69, 9.17) is 0 Å². The van der Waals surface area contributed by atoms with Gasteiger partial charge in [0.1, 0.15) is 6.17 Å². The molecule has 1 aliphatic rings. The molecular formula is C13H29FN2. The van der Waals surface area contributed by atoms with E-state index in [2.05, 4.69) is 51.6 Å². The van der Waals surface area contributed by atoms with Crippen LogP contribution in [0.4, 0.5) is 4.39 Å². The molecule has 1 rings (SSSR count). The molecule has 0 aromatic heterocycles. The monoisotopic (exact) mass is 232 g/mol. The Labute approximate surface area is 101 Å². The van der Waals surface area contributed by atoms with E-state index in [-0.39, 0.29) is 0 Å². The third-order valence-electron chi connectivity index (χ3n) is 3.22. The Morgan fingerprint density at radius 2 is 1.44 bits per heavy atom. The van der Waals surface area contributed by atoms with Crippen molar-refractivity contribution in [2.45, 2.75) is 58.8 Å². The van der Waals surface area contributed by atoms with Crippen LogP contribution < -0.4 is 0 Å². The van der Waals surface area contributed by atoms with Crippen LogP contribution in [0.25, 0.3) is 0 Å². The van der Waals surface area contributed by atoms with Crippen molar-refractivity contribution in [1.29, 1.82) is 0 Å². The number of likely N-dealkylation sites (tertiary alicyclic amines) is 1. The van der Waals surface area contributed by atoms with Crippen molar-refractivity contribution in [3.8, 4) is 0 Å². The summed E-state index contributed by atoms with van der Waals surface area (Å²) in [5.74, 6) is 0. The third kappa shape index (κ3) is 7.18. The lowest BCUT2D eigenvalue weighted by Crippen LogP contribution is -2.38. The van der Waals surface area contributed by atoms with Gasteiger partial charge in [-0.25, -0.2) is 4.39 Å². The molecule has 0 atom stereocenters. The Hall–Kier alpha value is -0.150. The van der Waals surface area contributed by atoms with E-state index < -0.39 is 6.17 Å². The zero-order valence-electron chi connectivity index (χ0n) is 11.8. The lowest BCUT2D eigenvalue weighted by molar-refractivity contribution is 0.125. The normalized spacial score (nSPS) is 19.1. The van der Waals surface area contributed by atoms with Gasteiger partial charge in [0.15, 0.2) is 0 Å². The number of alkyl halides is 1. The van der Waals surface area contributed by atoms with Gasteiger partial charge in [-0.2, -0.15) is 0 Å². The number of hydrogen-bond donors (Lipinski definition) is 0. The van der Waals surface area contributed by atoms with Crippen molar-refractivity contribution in [3.63, 3.8) is 0 Å². The summed E-state index contributed by atoms with van der Waals surface area (Å²) in [6.45, 7) is 10.6. The zero-order chi connectivity index (χ0) is 12.7. The minimum Gasteiger partial charge on any atom is -0.307 e. The second kappa shape index (κ2) is 8.02. The van der Waals surface area contributed by atoms with Gasteiger partial charge in [-0.3, -0.25) is 0 Å². The molecule has 0 unspecified atom stereocenters. The Bertz CT molecular complexity index is 155. The van der Waals surface area contributed by atoms with E-state index in [1.54, 1.807) is 0 Å². The molecule has 0 aromatic rings. The maximum absolute atomic E-state index is 12.6. The predicted octanol–water partition coefficient (Wildman–Crippen LogP) is 2.79. The van der Waals surface area contributed by atoms with Gasteiger partial charge in [0.2, 0.25) is 0 Å². The molecule has 98 valence electrons. The van der Waals surface area contributed by atoms with Crippen molar-refractivity contribution in [2.24, 2.45) is 0 Å². The highest BCUT2D eigenvalue weighted by atomic mass is 19.1. The van der Waals surface area contributed by atoms with Crippen LogP contribution in [-0.4, -0.2) is 55.2 Å². The lowest BCUT2D eigenvalue weighted by atomic mass is 10.1. The summed E-state index contributed by atoms with van der Waals surface area (Å²) in [5.41, 5.74) is 0. The van der Waals surface area contributed by atoms with Crippen molar-refractivity contribution in [1.82, 2.24) is 9.80 Å². The number of piperidine rings is 1. The Balaban J connectivity index is 0.000000325.